The molecule has 2 unspecified atom stereocenters. The van der Waals surface area contributed by atoms with Gasteiger partial charge in [0.05, 0.1) is 0 Å². The number of rotatable bonds is 6. The first-order valence-corrected chi connectivity index (χ1v) is 5.28. The van der Waals surface area contributed by atoms with Crippen molar-refractivity contribution < 1.29 is 0 Å². The molecule has 0 aromatic carbocycles. The Morgan fingerprint density at radius 2 is 1.25 bits per heavy atom. The van der Waals surface area contributed by atoms with Gasteiger partial charge in [-0.05, 0) is 18.9 Å². The van der Waals surface area contributed by atoms with Gasteiger partial charge in [-0.1, -0.05) is 40.5 Å². The molecule has 0 heterocycles. The summed E-state index contributed by atoms with van der Waals surface area (Å²) >= 11 is 0. The Morgan fingerprint density at radius 1 is 0.917 bits per heavy atom. The Morgan fingerprint density at radius 3 is 1.50 bits per heavy atom. The lowest BCUT2D eigenvalue weighted by molar-refractivity contribution is 0.245. The van der Waals surface area contributed by atoms with E-state index < -0.39 is 0 Å². The van der Waals surface area contributed by atoms with Crippen LogP contribution in [0.3, 0.4) is 0 Å². The highest BCUT2D eigenvalue weighted by Gasteiger charge is 2.06. The van der Waals surface area contributed by atoms with Crippen LogP contribution in [-0.2, 0) is 0 Å². The van der Waals surface area contributed by atoms with Crippen molar-refractivity contribution in [3.63, 3.8) is 0 Å². The maximum absolute atomic E-state index is 2.46. The van der Waals surface area contributed by atoms with Crippen molar-refractivity contribution in [3.05, 3.63) is 0 Å². The van der Waals surface area contributed by atoms with E-state index in [4.69, 9.17) is 0 Å². The van der Waals surface area contributed by atoms with Crippen LogP contribution in [0, 0.1) is 11.8 Å². The van der Waals surface area contributed by atoms with E-state index >= 15 is 0 Å². The third kappa shape index (κ3) is 5.59. The van der Waals surface area contributed by atoms with Gasteiger partial charge >= 0.3 is 0 Å². The predicted octanol–water partition coefficient (Wildman–Crippen LogP) is 3.01. The lowest BCUT2D eigenvalue weighted by Gasteiger charge is -2.23. The van der Waals surface area contributed by atoms with E-state index in [9.17, 15) is 0 Å². The first-order valence-electron chi connectivity index (χ1n) is 5.28. The minimum Gasteiger partial charge on any atom is -0.306 e. The lowest BCUT2D eigenvalue weighted by Crippen LogP contribution is -2.28. The summed E-state index contributed by atoms with van der Waals surface area (Å²) in [5.41, 5.74) is 0. The summed E-state index contributed by atoms with van der Waals surface area (Å²) in [6.45, 7) is 11.7. The van der Waals surface area contributed by atoms with Crippen molar-refractivity contribution in [1.29, 1.82) is 0 Å². The molecule has 0 bridgehead atoms. The molecule has 74 valence electrons. The molecule has 12 heavy (non-hydrogen) atoms. The van der Waals surface area contributed by atoms with Crippen LogP contribution in [0.1, 0.15) is 40.5 Å². The van der Waals surface area contributed by atoms with E-state index in [2.05, 4.69) is 39.6 Å². The number of hydrogen-bond acceptors (Lipinski definition) is 1. The molecule has 1 nitrogen and oxygen atoms in total. The maximum Gasteiger partial charge on any atom is 0.000398 e. The second kappa shape index (κ2) is 6.47. The molecule has 0 aliphatic rings. The maximum atomic E-state index is 2.46. The monoisotopic (exact) mass is 171 g/mol. The summed E-state index contributed by atoms with van der Waals surface area (Å²) in [5, 5.41) is 0. The van der Waals surface area contributed by atoms with Crippen LogP contribution in [0.15, 0.2) is 0 Å². The predicted molar refractivity (Wildman–Crippen MR) is 56.4 cm³/mol. The molecule has 0 aliphatic heterocycles. The molecule has 0 saturated carbocycles. The average Bonchev–Trinajstić information content (AvgIpc) is 2.03. The summed E-state index contributed by atoms with van der Waals surface area (Å²) in [6, 6.07) is 0. The smallest absolute Gasteiger partial charge is 0.000398 e. The second-order valence-corrected chi connectivity index (χ2v) is 4.25. The summed E-state index contributed by atoms with van der Waals surface area (Å²) in [7, 11) is 2.23. The first kappa shape index (κ1) is 12.0. The standard InChI is InChI=1S/C11H25N/c1-6-10(3)8-12(5)9-11(4)7-2/h10-11H,6-9H2,1-5H3. The van der Waals surface area contributed by atoms with E-state index in [-0.39, 0.29) is 0 Å². The number of hydrogen-bond donors (Lipinski definition) is 0. The van der Waals surface area contributed by atoms with Crippen molar-refractivity contribution in [2.45, 2.75) is 40.5 Å². The molecule has 0 aromatic heterocycles. The van der Waals surface area contributed by atoms with E-state index in [1.807, 2.05) is 0 Å². The molecule has 0 aliphatic carbocycles. The fraction of sp³-hybridized carbons (Fsp3) is 1.00. The highest BCUT2D eigenvalue weighted by atomic mass is 15.1. The van der Waals surface area contributed by atoms with Crippen LogP contribution < -0.4 is 0 Å². The van der Waals surface area contributed by atoms with Crippen LogP contribution in [0.2, 0.25) is 0 Å². The van der Waals surface area contributed by atoms with Gasteiger partial charge in [0, 0.05) is 13.1 Å². The Kier molecular flexibility index (Phi) is 6.45. The Bertz CT molecular complexity index is 89.2. The third-order valence-corrected chi connectivity index (χ3v) is 2.64. The Balaban J connectivity index is 3.51. The minimum atomic E-state index is 0.846. The molecular weight excluding hydrogens is 146 g/mol. The Hall–Kier alpha value is -0.0400. The van der Waals surface area contributed by atoms with Crippen molar-refractivity contribution in [2.24, 2.45) is 11.8 Å². The largest absolute Gasteiger partial charge is 0.306 e. The molecule has 0 spiro atoms. The molecule has 0 rings (SSSR count). The molecule has 0 fully saturated rings. The average molecular weight is 171 g/mol. The van der Waals surface area contributed by atoms with Gasteiger partial charge < -0.3 is 4.90 Å². The van der Waals surface area contributed by atoms with Gasteiger partial charge in [0.15, 0.2) is 0 Å². The Labute approximate surface area is 78.1 Å². The van der Waals surface area contributed by atoms with Gasteiger partial charge in [-0.3, -0.25) is 0 Å². The van der Waals surface area contributed by atoms with Gasteiger partial charge in [0.2, 0.25) is 0 Å². The highest BCUT2D eigenvalue weighted by molar-refractivity contribution is 4.60. The van der Waals surface area contributed by atoms with Crippen LogP contribution in [0.5, 0.6) is 0 Å². The topological polar surface area (TPSA) is 3.24 Å². The zero-order chi connectivity index (χ0) is 9.56. The molecule has 1 heteroatoms. The van der Waals surface area contributed by atoms with Crippen molar-refractivity contribution in [3.8, 4) is 0 Å². The second-order valence-electron chi connectivity index (χ2n) is 4.25. The molecular formula is C11H25N. The number of nitrogens with zero attached hydrogens (tertiary/aromatic N) is 1. The summed E-state index contributed by atoms with van der Waals surface area (Å²) in [6.07, 6.45) is 2.59. The van der Waals surface area contributed by atoms with E-state index in [1.165, 1.54) is 25.9 Å². The summed E-state index contributed by atoms with van der Waals surface area (Å²) in [4.78, 5) is 2.46. The van der Waals surface area contributed by atoms with Gasteiger partial charge in [0.25, 0.3) is 0 Å². The molecule has 0 radical (unpaired) electrons. The molecule has 2 atom stereocenters. The normalized spacial score (nSPS) is 16.5. The van der Waals surface area contributed by atoms with Crippen LogP contribution >= 0.6 is 0 Å². The molecule has 0 N–H and O–H groups in total. The van der Waals surface area contributed by atoms with Crippen LogP contribution in [-0.4, -0.2) is 25.0 Å². The van der Waals surface area contributed by atoms with Gasteiger partial charge in [-0.15, -0.1) is 0 Å². The fourth-order valence-corrected chi connectivity index (χ4v) is 1.40. The van der Waals surface area contributed by atoms with Gasteiger partial charge in [-0.2, -0.15) is 0 Å². The lowest BCUT2D eigenvalue weighted by atomic mass is 10.1. The van der Waals surface area contributed by atoms with E-state index in [1.54, 1.807) is 0 Å². The van der Waals surface area contributed by atoms with Crippen molar-refractivity contribution in [1.82, 2.24) is 4.90 Å². The zero-order valence-electron chi connectivity index (χ0n) is 9.43. The molecule has 0 aromatic rings. The van der Waals surface area contributed by atoms with Crippen molar-refractivity contribution in [2.75, 3.05) is 20.1 Å². The van der Waals surface area contributed by atoms with Crippen LogP contribution in [0.4, 0.5) is 0 Å². The van der Waals surface area contributed by atoms with Gasteiger partial charge in [0.1, 0.15) is 0 Å². The summed E-state index contributed by atoms with van der Waals surface area (Å²) in [5.74, 6) is 1.69. The quantitative estimate of drug-likeness (QED) is 0.594. The van der Waals surface area contributed by atoms with E-state index in [0.29, 0.717) is 0 Å². The first-order chi connectivity index (χ1) is 5.60. The summed E-state index contributed by atoms with van der Waals surface area (Å²) < 4.78 is 0. The molecule has 0 saturated heterocycles. The van der Waals surface area contributed by atoms with Crippen LogP contribution in [0.25, 0.3) is 0 Å². The zero-order valence-corrected chi connectivity index (χ0v) is 9.43. The SMILES string of the molecule is CCC(C)CN(C)CC(C)CC. The highest BCUT2D eigenvalue weighted by Crippen LogP contribution is 2.06. The molecule has 0 amide bonds. The third-order valence-electron chi connectivity index (χ3n) is 2.64. The minimum absolute atomic E-state index is 0.846. The van der Waals surface area contributed by atoms with Crippen molar-refractivity contribution >= 4 is 0 Å². The van der Waals surface area contributed by atoms with E-state index in [0.717, 1.165) is 11.8 Å². The fourth-order valence-electron chi connectivity index (χ4n) is 1.40. The van der Waals surface area contributed by atoms with Gasteiger partial charge in [-0.25, -0.2) is 0 Å².